The Balaban J connectivity index is 1.64. The Morgan fingerprint density at radius 3 is 2.63 bits per heavy atom. The van der Waals surface area contributed by atoms with Crippen LogP contribution in [0, 0.1) is 0 Å². The fourth-order valence-electron chi connectivity index (χ4n) is 3.36. The monoisotopic (exact) mass is 439 g/mol. The molecule has 0 radical (unpaired) electrons. The lowest BCUT2D eigenvalue weighted by atomic mass is 10.2. The number of nitrogens with zero attached hydrogens (tertiary/aromatic N) is 3. The van der Waals surface area contributed by atoms with Crippen LogP contribution in [0.1, 0.15) is 25.3 Å². The van der Waals surface area contributed by atoms with Crippen LogP contribution in [0.5, 0.6) is 5.75 Å². The van der Waals surface area contributed by atoms with Crippen LogP contribution < -0.4 is 9.64 Å². The van der Waals surface area contributed by atoms with Gasteiger partial charge in [-0.3, -0.25) is 14.7 Å². The van der Waals surface area contributed by atoms with E-state index in [0.717, 1.165) is 49.8 Å². The summed E-state index contributed by atoms with van der Waals surface area (Å²) in [4.78, 5) is 24.0. The molecular weight excluding hydrogens is 414 g/mol. The highest BCUT2D eigenvalue weighted by molar-refractivity contribution is 8.19. The van der Waals surface area contributed by atoms with Crippen molar-refractivity contribution in [3.8, 4) is 5.75 Å². The van der Waals surface area contributed by atoms with E-state index in [9.17, 15) is 4.79 Å². The third-order valence-electron chi connectivity index (χ3n) is 5.07. The molecule has 0 spiro atoms. The smallest absolute Gasteiger partial charge is 0.269 e. The minimum atomic E-state index is 0.0504. The van der Waals surface area contributed by atoms with Gasteiger partial charge in [0.25, 0.3) is 5.91 Å². The molecule has 2 aliphatic rings. The molecule has 0 unspecified atom stereocenters. The Morgan fingerprint density at radius 2 is 1.90 bits per heavy atom. The Labute approximate surface area is 186 Å². The molecule has 7 heteroatoms. The third-order valence-corrected chi connectivity index (χ3v) is 7.54. The second-order valence-electron chi connectivity index (χ2n) is 7.13. The van der Waals surface area contributed by atoms with Crippen LogP contribution in [-0.2, 0) is 11.3 Å². The minimum Gasteiger partial charge on any atom is -0.497 e. The van der Waals surface area contributed by atoms with Crippen molar-refractivity contribution in [1.82, 2.24) is 4.90 Å². The Kier molecular flexibility index (Phi) is 6.39. The fraction of sp³-hybridized carbons (Fsp3) is 0.304. The average molecular weight is 440 g/mol. The molecule has 4 rings (SSSR count). The fourth-order valence-corrected chi connectivity index (χ4v) is 5.69. The zero-order chi connectivity index (χ0) is 21.1. The maximum absolute atomic E-state index is 13.3. The highest BCUT2D eigenvalue weighted by Crippen LogP contribution is 2.50. The van der Waals surface area contributed by atoms with E-state index >= 15 is 0 Å². The summed E-state index contributed by atoms with van der Waals surface area (Å²) in [6.07, 6.45) is 1.99. The summed E-state index contributed by atoms with van der Waals surface area (Å²) in [6, 6.07) is 16.2. The van der Waals surface area contributed by atoms with E-state index < -0.39 is 0 Å². The van der Waals surface area contributed by atoms with Gasteiger partial charge in [0.15, 0.2) is 5.17 Å². The number of aliphatic imine (C=N–C) groups is 1. The second kappa shape index (κ2) is 9.18. The van der Waals surface area contributed by atoms with Crippen molar-refractivity contribution in [3.63, 3.8) is 0 Å². The van der Waals surface area contributed by atoms with Crippen molar-refractivity contribution in [3.05, 3.63) is 64.0 Å². The lowest BCUT2D eigenvalue weighted by Crippen LogP contribution is -2.30. The number of rotatable bonds is 6. The number of hydrogen-bond acceptors (Lipinski definition) is 6. The predicted molar refractivity (Wildman–Crippen MR) is 126 cm³/mol. The Bertz CT molecular complexity index is 1000. The molecule has 2 aromatic carbocycles. The van der Waals surface area contributed by atoms with Gasteiger partial charge >= 0.3 is 0 Å². The van der Waals surface area contributed by atoms with E-state index in [1.165, 1.54) is 11.8 Å². The molecule has 0 N–H and O–H groups in total. The summed E-state index contributed by atoms with van der Waals surface area (Å²) < 4.78 is 5.37. The second-order valence-corrected chi connectivity index (χ2v) is 9.13. The molecular formula is C23H25N3O2S2. The molecule has 0 atom stereocenters. The van der Waals surface area contributed by atoms with Crippen molar-refractivity contribution in [2.24, 2.45) is 4.99 Å². The molecule has 1 saturated heterocycles. The summed E-state index contributed by atoms with van der Waals surface area (Å²) in [5, 5.41) is 1.75. The van der Waals surface area contributed by atoms with Gasteiger partial charge in [-0.05, 0) is 35.9 Å². The van der Waals surface area contributed by atoms with E-state index in [1.807, 2.05) is 48.3 Å². The van der Waals surface area contributed by atoms with Crippen LogP contribution in [0.2, 0.25) is 0 Å². The number of unbranched alkanes of at least 4 members (excludes halogenated alkanes) is 1. The zero-order valence-corrected chi connectivity index (χ0v) is 19.1. The quantitative estimate of drug-likeness (QED) is 0.569. The van der Waals surface area contributed by atoms with Gasteiger partial charge in [-0.2, -0.15) is 0 Å². The first kappa shape index (κ1) is 20.9. The van der Waals surface area contributed by atoms with E-state index in [-0.39, 0.29) is 5.91 Å². The molecule has 5 nitrogen and oxygen atoms in total. The summed E-state index contributed by atoms with van der Waals surface area (Å²) in [5.74, 6) is 0.863. The SMILES string of the molecule is CCCCN1C(=O)/C(=C2/Sc3ccc(OC)cc3N2C)SC1=NCc1ccccc1. The van der Waals surface area contributed by atoms with E-state index in [4.69, 9.17) is 9.73 Å². The number of benzene rings is 2. The first-order chi connectivity index (χ1) is 14.6. The van der Waals surface area contributed by atoms with Crippen LogP contribution >= 0.6 is 23.5 Å². The molecule has 1 fully saturated rings. The average Bonchev–Trinajstić information content (AvgIpc) is 3.27. The highest BCUT2D eigenvalue weighted by Gasteiger charge is 2.38. The number of thioether (sulfide) groups is 2. The van der Waals surface area contributed by atoms with Gasteiger partial charge in [-0.25, -0.2) is 0 Å². The molecule has 0 aromatic heterocycles. The van der Waals surface area contributed by atoms with Crippen molar-refractivity contribution < 1.29 is 9.53 Å². The van der Waals surface area contributed by atoms with Gasteiger partial charge in [-0.1, -0.05) is 55.4 Å². The van der Waals surface area contributed by atoms with E-state index in [1.54, 1.807) is 18.9 Å². The number of anilines is 1. The van der Waals surface area contributed by atoms with Crippen LogP contribution in [-0.4, -0.2) is 36.7 Å². The molecule has 0 aliphatic carbocycles. The molecule has 2 heterocycles. The highest BCUT2D eigenvalue weighted by atomic mass is 32.2. The first-order valence-electron chi connectivity index (χ1n) is 10.0. The number of hydrogen-bond donors (Lipinski definition) is 0. The van der Waals surface area contributed by atoms with Gasteiger partial charge in [-0.15, -0.1) is 0 Å². The number of carbonyl (C=O) groups excluding carboxylic acids is 1. The van der Waals surface area contributed by atoms with Crippen molar-refractivity contribution >= 4 is 40.3 Å². The van der Waals surface area contributed by atoms with Gasteiger partial charge in [0.05, 0.1) is 24.4 Å². The lowest BCUT2D eigenvalue weighted by Gasteiger charge is -2.16. The van der Waals surface area contributed by atoms with Crippen LogP contribution in [0.15, 0.2) is 68.4 Å². The maximum atomic E-state index is 13.3. The number of methoxy groups -OCH3 is 1. The first-order valence-corrected chi connectivity index (χ1v) is 11.7. The minimum absolute atomic E-state index is 0.0504. The van der Waals surface area contributed by atoms with E-state index in [2.05, 4.69) is 24.0 Å². The summed E-state index contributed by atoms with van der Waals surface area (Å²) in [7, 11) is 3.67. The Morgan fingerprint density at radius 1 is 1.10 bits per heavy atom. The van der Waals surface area contributed by atoms with Gasteiger partial charge in [0.2, 0.25) is 0 Å². The summed E-state index contributed by atoms with van der Waals surface area (Å²) in [5.41, 5.74) is 2.20. The van der Waals surface area contributed by atoms with Crippen molar-refractivity contribution in [2.45, 2.75) is 31.2 Å². The molecule has 156 valence electrons. The maximum Gasteiger partial charge on any atom is 0.269 e. The molecule has 2 aromatic rings. The van der Waals surface area contributed by atoms with Gasteiger partial charge < -0.3 is 9.64 Å². The number of amidine groups is 1. The summed E-state index contributed by atoms with van der Waals surface area (Å²) in [6.45, 7) is 3.41. The molecule has 30 heavy (non-hydrogen) atoms. The zero-order valence-electron chi connectivity index (χ0n) is 17.4. The van der Waals surface area contributed by atoms with E-state index in [0.29, 0.717) is 13.1 Å². The van der Waals surface area contributed by atoms with Crippen LogP contribution in [0.3, 0.4) is 0 Å². The lowest BCUT2D eigenvalue weighted by molar-refractivity contribution is -0.122. The van der Waals surface area contributed by atoms with Crippen LogP contribution in [0.4, 0.5) is 5.69 Å². The van der Waals surface area contributed by atoms with Crippen LogP contribution in [0.25, 0.3) is 0 Å². The predicted octanol–water partition coefficient (Wildman–Crippen LogP) is 5.34. The summed E-state index contributed by atoms with van der Waals surface area (Å²) >= 11 is 3.12. The third kappa shape index (κ3) is 4.09. The largest absolute Gasteiger partial charge is 0.497 e. The van der Waals surface area contributed by atoms with Gasteiger partial charge in [0, 0.05) is 24.6 Å². The number of ether oxygens (including phenoxy) is 1. The molecule has 0 bridgehead atoms. The standard InChI is InChI=1S/C23H25N3O2S2/c1-4-5-13-26-21(27)20(30-23(26)24-15-16-9-7-6-8-10-16)22-25(2)18-14-17(28-3)11-12-19(18)29-22/h6-12,14H,4-5,13,15H2,1-3H3/b22-20-,24-23?. The number of carbonyl (C=O) groups is 1. The number of fused-ring (bicyclic) bond motifs is 1. The molecule has 0 saturated carbocycles. The Hall–Kier alpha value is -2.38. The normalized spacial score (nSPS) is 19.7. The molecule has 1 amide bonds. The van der Waals surface area contributed by atoms with Gasteiger partial charge in [0.1, 0.15) is 10.7 Å². The van der Waals surface area contributed by atoms with Crippen molar-refractivity contribution in [1.29, 1.82) is 0 Å². The topological polar surface area (TPSA) is 45.1 Å². The molecule has 2 aliphatic heterocycles. The number of amides is 1. The van der Waals surface area contributed by atoms with Crippen molar-refractivity contribution in [2.75, 3.05) is 25.6 Å².